The number of anilines is 1. The molecule has 1 aromatic heterocycles. The average molecular weight is 300 g/mol. The predicted molar refractivity (Wildman–Crippen MR) is 68.0 cm³/mol. The Morgan fingerprint density at radius 3 is 3.06 bits per heavy atom. The van der Waals surface area contributed by atoms with E-state index in [0.29, 0.717) is 25.4 Å². The summed E-state index contributed by atoms with van der Waals surface area (Å²) in [6.07, 6.45) is 2.14. The first kappa shape index (κ1) is 12.3. The number of nitrogens with zero attached hydrogens (tertiary/aromatic N) is 2. The fraction of sp³-hybridized carbons (Fsp3) is 0.455. The van der Waals surface area contributed by atoms with Crippen LogP contribution in [0, 0.1) is 5.92 Å². The molecule has 0 spiro atoms. The molecule has 6 heteroatoms. The monoisotopic (exact) mass is 299 g/mol. The summed E-state index contributed by atoms with van der Waals surface area (Å²) in [5.74, 6) is 0.815. The quantitative estimate of drug-likeness (QED) is 0.909. The number of amides is 1. The van der Waals surface area contributed by atoms with Crippen molar-refractivity contribution < 1.29 is 9.53 Å². The van der Waals surface area contributed by atoms with Crippen molar-refractivity contribution in [3.63, 3.8) is 0 Å². The Hall–Kier alpha value is -1.14. The van der Waals surface area contributed by atoms with Crippen LogP contribution in [0.3, 0.4) is 0 Å². The molecule has 1 amide bonds. The Morgan fingerprint density at radius 2 is 2.47 bits per heavy atom. The maximum atomic E-state index is 11.9. The summed E-state index contributed by atoms with van der Waals surface area (Å²) < 4.78 is 5.84. The van der Waals surface area contributed by atoms with Crippen LogP contribution in [0.25, 0.3) is 0 Å². The summed E-state index contributed by atoms with van der Waals surface area (Å²) in [4.78, 5) is 17.7. The first-order valence-corrected chi connectivity index (χ1v) is 6.15. The molecule has 1 aliphatic rings. The summed E-state index contributed by atoms with van der Waals surface area (Å²) in [5, 5.41) is 0. The molecule has 2 N–H and O–H groups in total. The third-order valence-corrected chi connectivity index (χ3v) is 3.46. The zero-order chi connectivity index (χ0) is 12.4. The minimum absolute atomic E-state index is 0.0920. The third kappa shape index (κ3) is 2.42. The lowest BCUT2D eigenvalue weighted by atomic mass is 10.1. The van der Waals surface area contributed by atoms with Gasteiger partial charge in [-0.2, -0.15) is 0 Å². The number of methoxy groups -OCH3 is 1. The lowest BCUT2D eigenvalue weighted by molar-refractivity contribution is -0.117. The molecule has 0 saturated carbocycles. The Kier molecular flexibility index (Phi) is 3.63. The van der Waals surface area contributed by atoms with Crippen LogP contribution in [0.1, 0.15) is 6.42 Å². The van der Waals surface area contributed by atoms with Gasteiger partial charge in [0.2, 0.25) is 11.8 Å². The molecule has 0 bridgehead atoms. The lowest BCUT2D eigenvalue weighted by Crippen LogP contribution is -2.26. The van der Waals surface area contributed by atoms with E-state index in [1.165, 1.54) is 0 Å². The van der Waals surface area contributed by atoms with E-state index in [4.69, 9.17) is 10.5 Å². The molecule has 1 atom stereocenters. The van der Waals surface area contributed by atoms with Crippen LogP contribution in [0.15, 0.2) is 16.7 Å². The number of hydrogen-bond donors (Lipinski definition) is 1. The van der Waals surface area contributed by atoms with E-state index in [2.05, 4.69) is 20.9 Å². The third-order valence-electron chi connectivity index (χ3n) is 2.85. The van der Waals surface area contributed by atoms with E-state index in [-0.39, 0.29) is 11.8 Å². The van der Waals surface area contributed by atoms with E-state index >= 15 is 0 Å². The molecule has 0 aromatic carbocycles. The average Bonchev–Trinajstić information content (AvgIpc) is 2.71. The number of aromatic nitrogens is 1. The Bertz CT molecular complexity index is 439. The number of hydrogen-bond acceptors (Lipinski definition) is 4. The van der Waals surface area contributed by atoms with Gasteiger partial charge >= 0.3 is 0 Å². The summed E-state index contributed by atoms with van der Waals surface area (Å²) >= 11 is 3.40. The largest absolute Gasteiger partial charge is 0.481 e. The van der Waals surface area contributed by atoms with Crippen molar-refractivity contribution >= 4 is 27.5 Å². The van der Waals surface area contributed by atoms with E-state index in [1.54, 1.807) is 24.3 Å². The molecule has 17 heavy (non-hydrogen) atoms. The maximum Gasteiger partial charge on any atom is 0.227 e. The number of halogens is 1. The van der Waals surface area contributed by atoms with Gasteiger partial charge in [0.15, 0.2) is 0 Å². The summed E-state index contributed by atoms with van der Waals surface area (Å²) in [6.45, 7) is 1.18. The molecule has 1 unspecified atom stereocenters. The molecule has 5 nitrogen and oxygen atoms in total. The van der Waals surface area contributed by atoms with Gasteiger partial charge in [-0.25, -0.2) is 4.98 Å². The Morgan fingerprint density at radius 1 is 1.71 bits per heavy atom. The summed E-state index contributed by atoms with van der Waals surface area (Å²) in [5.41, 5.74) is 6.39. The molecule has 0 aliphatic carbocycles. The second-order valence-electron chi connectivity index (χ2n) is 3.99. The number of rotatable bonds is 3. The Labute approximate surface area is 108 Å². The summed E-state index contributed by atoms with van der Waals surface area (Å²) in [7, 11) is 1.55. The molecule has 2 rings (SSSR count). The van der Waals surface area contributed by atoms with Crippen molar-refractivity contribution in [3.05, 3.63) is 16.7 Å². The fourth-order valence-corrected chi connectivity index (χ4v) is 2.33. The van der Waals surface area contributed by atoms with Crippen molar-refractivity contribution in [2.75, 3.05) is 25.1 Å². The van der Waals surface area contributed by atoms with Gasteiger partial charge in [-0.3, -0.25) is 4.79 Å². The van der Waals surface area contributed by atoms with E-state index in [9.17, 15) is 4.79 Å². The lowest BCUT2D eigenvalue weighted by Gasteiger charge is -2.18. The number of carbonyl (C=O) groups is 1. The van der Waals surface area contributed by atoms with Crippen molar-refractivity contribution in [1.29, 1.82) is 0 Å². The highest BCUT2D eigenvalue weighted by atomic mass is 79.9. The fourth-order valence-electron chi connectivity index (χ4n) is 1.90. The van der Waals surface area contributed by atoms with Crippen LogP contribution in [0.4, 0.5) is 5.69 Å². The second-order valence-corrected chi connectivity index (χ2v) is 4.84. The van der Waals surface area contributed by atoms with Gasteiger partial charge in [0, 0.05) is 25.2 Å². The normalized spacial score (nSPS) is 19.8. The first-order chi connectivity index (χ1) is 8.15. The molecule has 92 valence electrons. The van der Waals surface area contributed by atoms with E-state index in [0.717, 1.165) is 10.2 Å². The van der Waals surface area contributed by atoms with Gasteiger partial charge in [-0.1, -0.05) is 0 Å². The molecule has 2 heterocycles. The number of pyridine rings is 1. The van der Waals surface area contributed by atoms with Crippen LogP contribution in [0.5, 0.6) is 5.88 Å². The minimum atomic E-state index is 0.0920. The topological polar surface area (TPSA) is 68.5 Å². The van der Waals surface area contributed by atoms with E-state index in [1.807, 2.05) is 0 Å². The van der Waals surface area contributed by atoms with Crippen LogP contribution in [0.2, 0.25) is 0 Å². The van der Waals surface area contributed by atoms with Crippen molar-refractivity contribution in [2.45, 2.75) is 6.42 Å². The van der Waals surface area contributed by atoms with Crippen molar-refractivity contribution in [2.24, 2.45) is 11.7 Å². The zero-order valence-electron chi connectivity index (χ0n) is 9.52. The van der Waals surface area contributed by atoms with Gasteiger partial charge in [0.05, 0.1) is 17.3 Å². The number of nitrogens with two attached hydrogens (primary N) is 1. The van der Waals surface area contributed by atoms with Crippen LogP contribution in [-0.2, 0) is 4.79 Å². The van der Waals surface area contributed by atoms with Gasteiger partial charge < -0.3 is 15.4 Å². The SMILES string of the molecule is COc1cc(N2CC(CN)CC2=O)c(Br)cn1. The maximum absolute atomic E-state index is 11.9. The molecule has 1 aromatic rings. The highest BCUT2D eigenvalue weighted by molar-refractivity contribution is 9.10. The molecular formula is C11H14BrN3O2. The zero-order valence-corrected chi connectivity index (χ0v) is 11.1. The number of ether oxygens (including phenoxy) is 1. The first-order valence-electron chi connectivity index (χ1n) is 5.35. The van der Waals surface area contributed by atoms with Crippen LogP contribution < -0.4 is 15.4 Å². The second kappa shape index (κ2) is 5.01. The summed E-state index contributed by atoms with van der Waals surface area (Å²) in [6, 6.07) is 1.75. The molecule has 1 fully saturated rings. The number of carbonyl (C=O) groups excluding carboxylic acids is 1. The highest BCUT2D eigenvalue weighted by Crippen LogP contribution is 2.32. The smallest absolute Gasteiger partial charge is 0.227 e. The molecule has 0 radical (unpaired) electrons. The van der Waals surface area contributed by atoms with Crippen molar-refractivity contribution in [3.8, 4) is 5.88 Å². The molecular weight excluding hydrogens is 286 g/mol. The minimum Gasteiger partial charge on any atom is -0.481 e. The molecule has 1 aliphatic heterocycles. The van der Waals surface area contributed by atoms with Crippen molar-refractivity contribution in [1.82, 2.24) is 4.98 Å². The molecule has 1 saturated heterocycles. The van der Waals surface area contributed by atoms with E-state index < -0.39 is 0 Å². The standard InChI is InChI=1S/C11H14BrN3O2/c1-17-10-3-9(8(12)5-14-10)15-6-7(4-13)2-11(15)16/h3,5,7H,2,4,6,13H2,1H3. The van der Waals surface area contributed by atoms with Gasteiger partial charge in [0.1, 0.15) is 0 Å². The highest BCUT2D eigenvalue weighted by Gasteiger charge is 2.31. The van der Waals surface area contributed by atoms with Crippen LogP contribution >= 0.6 is 15.9 Å². The predicted octanol–water partition coefficient (Wildman–Crippen LogP) is 1.16. The Balaban J connectivity index is 2.30. The van der Waals surface area contributed by atoms with Gasteiger partial charge in [-0.15, -0.1) is 0 Å². The van der Waals surface area contributed by atoms with Gasteiger partial charge in [0.25, 0.3) is 0 Å². The van der Waals surface area contributed by atoms with Crippen LogP contribution in [-0.4, -0.2) is 31.1 Å². The van der Waals surface area contributed by atoms with Gasteiger partial charge in [-0.05, 0) is 28.4 Å².